The molecule has 8 nitrogen and oxygen atoms in total. The quantitative estimate of drug-likeness (QED) is 0.509. The van der Waals surface area contributed by atoms with Gasteiger partial charge in [-0.15, -0.1) is 0 Å². The Kier molecular flexibility index (Phi) is 7.11. The van der Waals surface area contributed by atoms with Gasteiger partial charge < -0.3 is 5.32 Å². The molecule has 0 aromatic heterocycles. The standard InChI is InChI=1S/C19H23N3O5S/c1-15-7-3-4-8-16(15)14-20-19(23)11-6-12-21(28(2,26)27)17-9-5-10-18(13-17)22(24)25/h3-5,7-10,13H,6,11-12,14H2,1-2H3,(H,20,23). The fourth-order valence-electron chi connectivity index (χ4n) is 2.72. The number of hydrogen-bond donors (Lipinski definition) is 1. The Bertz CT molecular complexity index is 960. The molecule has 9 heteroatoms. The van der Waals surface area contributed by atoms with Crippen LogP contribution in [-0.2, 0) is 21.4 Å². The molecule has 0 unspecified atom stereocenters. The third kappa shape index (κ3) is 6.05. The van der Waals surface area contributed by atoms with Crippen molar-refractivity contribution in [1.82, 2.24) is 5.32 Å². The van der Waals surface area contributed by atoms with Gasteiger partial charge in [-0.05, 0) is 30.5 Å². The zero-order valence-electron chi connectivity index (χ0n) is 15.8. The van der Waals surface area contributed by atoms with Crippen molar-refractivity contribution in [3.8, 4) is 0 Å². The van der Waals surface area contributed by atoms with Gasteiger partial charge in [0.1, 0.15) is 0 Å². The van der Waals surface area contributed by atoms with Gasteiger partial charge >= 0.3 is 0 Å². The number of benzene rings is 2. The first kappa shape index (κ1) is 21.4. The summed E-state index contributed by atoms with van der Waals surface area (Å²) in [6, 6.07) is 13.1. The van der Waals surface area contributed by atoms with Crippen LogP contribution in [0, 0.1) is 17.0 Å². The number of nitro benzene ring substituents is 1. The second kappa shape index (κ2) is 9.32. The van der Waals surface area contributed by atoms with Crippen molar-refractivity contribution >= 4 is 27.3 Å². The average Bonchev–Trinajstić information content (AvgIpc) is 2.63. The Balaban J connectivity index is 1.95. The first-order valence-electron chi connectivity index (χ1n) is 8.72. The van der Waals surface area contributed by atoms with Gasteiger partial charge in [-0.2, -0.15) is 0 Å². The molecular weight excluding hydrogens is 382 g/mol. The van der Waals surface area contributed by atoms with Crippen LogP contribution >= 0.6 is 0 Å². The van der Waals surface area contributed by atoms with Crippen LogP contribution in [0.15, 0.2) is 48.5 Å². The smallest absolute Gasteiger partial charge is 0.271 e. The van der Waals surface area contributed by atoms with E-state index in [2.05, 4.69) is 5.32 Å². The highest BCUT2D eigenvalue weighted by Crippen LogP contribution is 2.23. The van der Waals surface area contributed by atoms with E-state index in [0.717, 1.165) is 21.7 Å². The number of rotatable bonds is 9. The lowest BCUT2D eigenvalue weighted by molar-refractivity contribution is -0.384. The lowest BCUT2D eigenvalue weighted by Crippen LogP contribution is -2.32. The number of anilines is 1. The fraction of sp³-hybridized carbons (Fsp3) is 0.316. The molecule has 2 aromatic carbocycles. The van der Waals surface area contributed by atoms with Gasteiger partial charge in [0.15, 0.2) is 0 Å². The molecule has 0 saturated heterocycles. The van der Waals surface area contributed by atoms with E-state index in [1.807, 2.05) is 31.2 Å². The molecule has 0 aliphatic carbocycles. The maximum Gasteiger partial charge on any atom is 0.271 e. The minimum atomic E-state index is -3.64. The lowest BCUT2D eigenvalue weighted by atomic mass is 10.1. The number of hydrogen-bond acceptors (Lipinski definition) is 5. The maximum atomic E-state index is 12.1. The second-order valence-corrected chi connectivity index (χ2v) is 8.33. The number of nitrogens with zero attached hydrogens (tertiary/aromatic N) is 2. The summed E-state index contributed by atoms with van der Waals surface area (Å²) < 4.78 is 25.3. The lowest BCUT2D eigenvalue weighted by Gasteiger charge is -2.22. The van der Waals surface area contributed by atoms with Crippen molar-refractivity contribution in [2.45, 2.75) is 26.3 Å². The first-order valence-corrected chi connectivity index (χ1v) is 10.6. The Morgan fingerprint density at radius 1 is 1.18 bits per heavy atom. The zero-order valence-corrected chi connectivity index (χ0v) is 16.6. The molecule has 2 aromatic rings. The van der Waals surface area contributed by atoms with E-state index in [9.17, 15) is 23.3 Å². The Morgan fingerprint density at radius 2 is 1.89 bits per heavy atom. The zero-order chi connectivity index (χ0) is 20.7. The van der Waals surface area contributed by atoms with Crippen molar-refractivity contribution in [1.29, 1.82) is 0 Å². The van der Waals surface area contributed by atoms with Crippen molar-refractivity contribution in [3.05, 3.63) is 69.8 Å². The van der Waals surface area contributed by atoms with Gasteiger partial charge in [0, 0.05) is 31.6 Å². The fourth-order valence-corrected chi connectivity index (χ4v) is 3.68. The number of nitrogens with one attached hydrogen (secondary N) is 1. The summed E-state index contributed by atoms with van der Waals surface area (Å²) in [6.45, 7) is 2.43. The summed E-state index contributed by atoms with van der Waals surface area (Å²) in [5.41, 5.74) is 2.11. The van der Waals surface area contributed by atoms with Crippen molar-refractivity contribution in [2.24, 2.45) is 0 Å². The van der Waals surface area contributed by atoms with Crippen LogP contribution in [-0.4, -0.2) is 32.0 Å². The van der Waals surface area contributed by atoms with Crippen LogP contribution in [0.2, 0.25) is 0 Å². The van der Waals surface area contributed by atoms with Crippen molar-refractivity contribution < 1.29 is 18.1 Å². The molecule has 2 rings (SSSR count). The number of sulfonamides is 1. The summed E-state index contributed by atoms with van der Waals surface area (Å²) in [5.74, 6) is -0.184. The van der Waals surface area contributed by atoms with Crippen LogP contribution in [0.25, 0.3) is 0 Å². The van der Waals surface area contributed by atoms with E-state index in [1.54, 1.807) is 0 Å². The normalized spacial score (nSPS) is 11.1. The van der Waals surface area contributed by atoms with Gasteiger partial charge in [-0.1, -0.05) is 30.3 Å². The minimum Gasteiger partial charge on any atom is -0.352 e. The molecule has 1 N–H and O–H groups in total. The van der Waals surface area contributed by atoms with Crippen molar-refractivity contribution in [2.75, 3.05) is 17.1 Å². The number of non-ortho nitro benzene ring substituents is 1. The van der Waals surface area contributed by atoms with Gasteiger partial charge in [0.2, 0.25) is 15.9 Å². The van der Waals surface area contributed by atoms with Gasteiger partial charge in [-0.25, -0.2) is 8.42 Å². The molecular formula is C19H23N3O5S. The van der Waals surface area contributed by atoms with Crippen LogP contribution < -0.4 is 9.62 Å². The summed E-state index contributed by atoms with van der Waals surface area (Å²) in [7, 11) is -3.64. The topological polar surface area (TPSA) is 110 Å². The summed E-state index contributed by atoms with van der Waals surface area (Å²) in [5, 5.41) is 13.7. The Morgan fingerprint density at radius 3 is 2.54 bits per heavy atom. The third-order valence-electron chi connectivity index (χ3n) is 4.23. The minimum absolute atomic E-state index is 0.0534. The van der Waals surface area contributed by atoms with Crippen LogP contribution in [0.5, 0.6) is 0 Å². The monoisotopic (exact) mass is 405 g/mol. The van der Waals surface area contributed by atoms with Crippen LogP contribution in [0.1, 0.15) is 24.0 Å². The van der Waals surface area contributed by atoms with Crippen LogP contribution in [0.4, 0.5) is 11.4 Å². The third-order valence-corrected chi connectivity index (χ3v) is 5.43. The van der Waals surface area contributed by atoms with Crippen molar-refractivity contribution in [3.63, 3.8) is 0 Å². The summed E-state index contributed by atoms with van der Waals surface area (Å²) in [6.07, 6.45) is 1.46. The van der Waals surface area contributed by atoms with E-state index in [-0.39, 0.29) is 36.7 Å². The number of carbonyl (C=O) groups is 1. The SMILES string of the molecule is Cc1ccccc1CNC(=O)CCCN(c1cccc([N+](=O)[O-])c1)S(C)(=O)=O. The Hall–Kier alpha value is -2.94. The second-order valence-electron chi connectivity index (χ2n) is 6.42. The average molecular weight is 405 g/mol. The predicted molar refractivity (Wildman–Crippen MR) is 108 cm³/mol. The molecule has 0 fully saturated rings. The molecule has 0 spiro atoms. The molecule has 0 saturated carbocycles. The largest absolute Gasteiger partial charge is 0.352 e. The van der Waals surface area contributed by atoms with Gasteiger partial charge in [0.05, 0.1) is 16.9 Å². The van der Waals surface area contributed by atoms with E-state index in [0.29, 0.717) is 6.54 Å². The van der Waals surface area contributed by atoms with E-state index in [1.165, 1.54) is 24.3 Å². The molecule has 28 heavy (non-hydrogen) atoms. The highest BCUT2D eigenvalue weighted by atomic mass is 32.2. The molecule has 0 aliphatic rings. The van der Waals surface area contributed by atoms with E-state index in [4.69, 9.17) is 0 Å². The van der Waals surface area contributed by atoms with Crippen LogP contribution in [0.3, 0.4) is 0 Å². The number of aryl methyl sites for hydroxylation is 1. The predicted octanol–water partition coefficient (Wildman–Crippen LogP) is 2.77. The molecule has 1 amide bonds. The maximum absolute atomic E-state index is 12.1. The molecule has 150 valence electrons. The molecule has 0 radical (unpaired) electrons. The number of amides is 1. The first-order chi connectivity index (χ1) is 13.2. The van der Waals surface area contributed by atoms with Gasteiger partial charge in [0.25, 0.3) is 5.69 Å². The summed E-state index contributed by atoms with van der Waals surface area (Å²) in [4.78, 5) is 22.4. The van der Waals surface area contributed by atoms with E-state index < -0.39 is 14.9 Å². The van der Waals surface area contributed by atoms with E-state index >= 15 is 0 Å². The Labute approximate surface area is 164 Å². The molecule has 0 bridgehead atoms. The summed E-state index contributed by atoms with van der Waals surface area (Å²) >= 11 is 0. The highest BCUT2D eigenvalue weighted by Gasteiger charge is 2.19. The van der Waals surface area contributed by atoms with Gasteiger partial charge in [-0.3, -0.25) is 19.2 Å². The molecule has 0 atom stereocenters. The molecule has 0 aliphatic heterocycles. The number of nitro groups is 1. The molecule has 0 heterocycles. The highest BCUT2D eigenvalue weighted by molar-refractivity contribution is 7.92. The number of carbonyl (C=O) groups excluding carboxylic acids is 1.